The van der Waals surface area contributed by atoms with Crippen molar-refractivity contribution >= 4 is 16.7 Å². The SMILES string of the molecule is COc1cccc(CNC(=O)c2ccc3cc(OC4CCN(C(C)C)C4)ccc3c2)c1. The number of hydrogen-bond donors (Lipinski definition) is 1. The summed E-state index contributed by atoms with van der Waals surface area (Å²) < 4.78 is 11.5. The van der Waals surface area contributed by atoms with Gasteiger partial charge in [-0.1, -0.05) is 24.3 Å². The summed E-state index contributed by atoms with van der Waals surface area (Å²) in [6.45, 7) is 6.97. The van der Waals surface area contributed by atoms with Gasteiger partial charge in [-0.3, -0.25) is 9.69 Å². The van der Waals surface area contributed by atoms with E-state index in [9.17, 15) is 4.79 Å². The molecule has 0 aliphatic carbocycles. The molecule has 1 amide bonds. The molecule has 4 rings (SSSR count). The Morgan fingerprint density at radius 2 is 1.87 bits per heavy atom. The van der Waals surface area contributed by atoms with Crippen molar-refractivity contribution in [3.63, 3.8) is 0 Å². The molecular formula is C26H30N2O3. The second kappa shape index (κ2) is 9.40. The van der Waals surface area contributed by atoms with Gasteiger partial charge in [0.1, 0.15) is 17.6 Å². The summed E-state index contributed by atoms with van der Waals surface area (Å²) in [5.41, 5.74) is 1.64. The summed E-state index contributed by atoms with van der Waals surface area (Å²) in [5, 5.41) is 5.07. The van der Waals surface area contributed by atoms with Crippen molar-refractivity contribution in [1.29, 1.82) is 0 Å². The van der Waals surface area contributed by atoms with E-state index in [1.54, 1.807) is 7.11 Å². The molecule has 31 heavy (non-hydrogen) atoms. The molecule has 1 aliphatic heterocycles. The Kier molecular flexibility index (Phi) is 6.42. The summed E-state index contributed by atoms with van der Waals surface area (Å²) in [6.07, 6.45) is 1.30. The van der Waals surface area contributed by atoms with Crippen LogP contribution in [0.3, 0.4) is 0 Å². The van der Waals surface area contributed by atoms with Gasteiger partial charge in [0.15, 0.2) is 0 Å². The van der Waals surface area contributed by atoms with Gasteiger partial charge in [-0.2, -0.15) is 0 Å². The van der Waals surface area contributed by atoms with E-state index in [2.05, 4.69) is 30.1 Å². The highest BCUT2D eigenvalue weighted by molar-refractivity contribution is 5.98. The standard InChI is InChI=1S/C26H30N2O3/c1-18(2)28-12-11-25(17-28)31-24-10-9-20-14-22(8-7-21(20)15-24)26(29)27-16-19-5-4-6-23(13-19)30-3/h4-10,13-15,18,25H,11-12,16-17H2,1-3H3,(H,27,29). The van der Waals surface area contributed by atoms with Gasteiger partial charge in [-0.25, -0.2) is 0 Å². The van der Waals surface area contributed by atoms with Gasteiger partial charge >= 0.3 is 0 Å². The molecule has 1 N–H and O–H groups in total. The van der Waals surface area contributed by atoms with Crippen molar-refractivity contribution in [3.8, 4) is 11.5 Å². The predicted molar refractivity (Wildman–Crippen MR) is 124 cm³/mol. The molecule has 0 bridgehead atoms. The molecule has 3 aromatic carbocycles. The van der Waals surface area contributed by atoms with Gasteiger partial charge in [0, 0.05) is 31.2 Å². The third-order valence-corrected chi connectivity index (χ3v) is 5.87. The zero-order valence-corrected chi connectivity index (χ0v) is 18.4. The quantitative estimate of drug-likeness (QED) is 0.607. The summed E-state index contributed by atoms with van der Waals surface area (Å²) in [6, 6.07) is 20.1. The van der Waals surface area contributed by atoms with Crippen molar-refractivity contribution in [1.82, 2.24) is 10.2 Å². The van der Waals surface area contributed by atoms with Crippen LogP contribution in [0.25, 0.3) is 10.8 Å². The molecule has 162 valence electrons. The Morgan fingerprint density at radius 3 is 2.65 bits per heavy atom. The number of rotatable bonds is 7. The van der Waals surface area contributed by atoms with Gasteiger partial charge in [-0.05, 0) is 73.0 Å². The fourth-order valence-corrected chi connectivity index (χ4v) is 4.02. The zero-order valence-electron chi connectivity index (χ0n) is 18.4. The first-order valence-corrected chi connectivity index (χ1v) is 10.9. The first-order valence-electron chi connectivity index (χ1n) is 10.9. The summed E-state index contributed by atoms with van der Waals surface area (Å²) in [4.78, 5) is 15.1. The minimum atomic E-state index is -0.0928. The van der Waals surface area contributed by atoms with Crippen molar-refractivity contribution < 1.29 is 14.3 Å². The minimum Gasteiger partial charge on any atom is -0.497 e. The number of carbonyl (C=O) groups is 1. The van der Waals surface area contributed by atoms with E-state index in [1.165, 1.54) is 0 Å². The fourth-order valence-electron chi connectivity index (χ4n) is 4.02. The van der Waals surface area contributed by atoms with Crippen LogP contribution in [0.5, 0.6) is 11.5 Å². The van der Waals surface area contributed by atoms with Crippen molar-refractivity contribution in [2.45, 2.75) is 39.0 Å². The van der Waals surface area contributed by atoms with E-state index in [-0.39, 0.29) is 12.0 Å². The lowest BCUT2D eigenvalue weighted by Gasteiger charge is -2.20. The molecular weight excluding hydrogens is 388 g/mol. The number of likely N-dealkylation sites (tertiary alicyclic amines) is 1. The second-order valence-corrected chi connectivity index (χ2v) is 8.38. The van der Waals surface area contributed by atoms with Crippen molar-refractivity contribution in [3.05, 3.63) is 71.8 Å². The van der Waals surface area contributed by atoms with E-state index in [0.717, 1.165) is 47.3 Å². The number of benzene rings is 3. The third kappa shape index (κ3) is 5.17. The molecule has 0 spiro atoms. The number of nitrogens with zero attached hydrogens (tertiary/aromatic N) is 1. The van der Waals surface area contributed by atoms with E-state index in [1.807, 2.05) is 54.6 Å². The molecule has 1 fully saturated rings. The predicted octanol–water partition coefficient (Wildman–Crippen LogP) is 4.64. The molecule has 0 aromatic heterocycles. The largest absolute Gasteiger partial charge is 0.497 e. The zero-order chi connectivity index (χ0) is 21.8. The van der Waals surface area contributed by atoms with Gasteiger partial charge in [0.25, 0.3) is 5.91 Å². The van der Waals surface area contributed by atoms with Crippen LogP contribution in [0.4, 0.5) is 0 Å². The number of nitrogens with one attached hydrogen (secondary N) is 1. The van der Waals surface area contributed by atoms with Crippen LogP contribution in [-0.4, -0.2) is 43.2 Å². The maximum atomic E-state index is 12.6. The normalized spacial score (nSPS) is 16.6. The highest BCUT2D eigenvalue weighted by Crippen LogP contribution is 2.25. The minimum absolute atomic E-state index is 0.0928. The number of ether oxygens (including phenoxy) is 2. The van der Waals surface area contributed by atoms with Crippen LogP contribution < -0.4 is 14.8 Å². The Labute approximate surface area is 184 Å². The van der Waals surface area contributed by atoms with Crippen LogP contribution >= 0.6 is 0 Å². The highest BCUT2D eigenvalue weighted by Gasteiger charge is 2.25. The number of carbonyl (C=O) groups excluding carboxylic acids is 1. The Bertz CT molecular complexity index is 1060. The average molecular weight is 419 g/mol. The van der Waals surface area contributed by atoms with Crippen LogP contribution in [0.2, 0.25) is 0 Å². The monoisotopic (exact) mass is 418 g/mol. The van der Waals surface area contributed by atoms with Crippen LogP contribution in [0, 0.1) is 0 Å². The van der Waals surface area contributed by atoms with Gasteiger partial charge in [0.05, 0.1) is 7.11 Å². The van der Waals surface area contributed by atoms with Gasteiger partial charge < -0.3 is 14.8 Å². The van der Waals surface area contributed by atoms with Crippen LogP contribution in [0.15, 0.2) is 60.7 Å². The molecule has 1 unspecified atom stereocenters. The van der Waals surface area contributed by atoms with Gasteiger partial charge in [-0.15, -0.1) is 0 Å². The molecule has 5 heteroatoms. The third-order valence-electron chi connectivity index (χ3n) is 5.87. The van der Waals surface area contributed by atoms with E-state index in [4.69, 9.17) is 9.47 Å². The van der Waals surface area contributed by atoms with Gasteiger partial charge in [0.2, 0.25) is 0 Å². The lowest BCUT2D eigenvalue weighted by molar-refractivity contribution is 0.0951. The molecule has 5 nitrogen and oxygen atoms in total. The highest BCUT2D eigenvalue weighted by atomic mass is 16.5. The van der Waals surface area contributed by atoms with Crippen LogP contribution in [-0.2, 0) is 6.54 Å². The summed E-state index contributed by atoms with van der Waals surface area (Å²) in [5.74, 6) is 1.58. The Hall–Kier alpha value is -3.05. The Balaban J connectivity index is 1.40. The van der Waals surface area contributed by atoms with Crippen molar-refractivity contribution in [2.24, 2.45) is 0 Å². The van der Waals surface area contributed by atoms with Crippen LogP contribution in [0.1, 0.15) is 36.2 Å². The fraction of sp³-hybridized carbons (Fsp3) is 0.346. The summed E-state index contributed by atoms with van der Waals surface area (Å²) in [7, 11) is 1.64. The lowest BCUT2D eigenvalue weighted by Crippen LogP contribution is -2.30. The molecule has 1 heterocycles. The molecule has 3 aromatic rings. The van der Waals surface area contributed by atoms with E-state index < -0.39 is 0 Å². The van der Waals surface area contributed by atoms with E-state index in [0.29, 0.717) is 18.2 Å². The topological polar surface area (TPSA) is 50.8 Å². The molecule has 1 atom stereocenters. The van der Waals surface area contributed by atoms with Crippen molar-refractivity contribution in [2.75, 3.05) is 20.2 Å². The summed E-state index contributed by atoms with van der Waals surface area (Å²) >= 11 is 0. The maximum absolute atomic E-state index is 12.6. The number of hydrogen-bond acceptors (Lipinski definition) is 4. The number of fused-ring (bicyclic) bond motifs is 1. The number of amides is 1. The maximum Gasteiger partial charge on any atom is 0.251 e. The lowest BCUT2D eigenvalue weighted by atomic mass is 10.1. The smallest absolute Gasteiger partial charge is 0.251 e. The molecule has 0 saturated carbocycles. The molecule has 1 saturated heterocycles. The second-order valence-electron chi connectivity index (χ2n) is 8.38. The number of methoxy groups -OCH3 is 1. The Morgan fingerprint density at radius 1 is 1.06 bits per heavy atom. The average Bonchev–Trinajstić information content (AvgIpc) is 3.26. The first-order chi connectivity index (χ1) is 15.0. The molecule has 0 radical (unpaired) electrons. The van der Waals surface area contributed by atoms with E-state index >= 15 is 0 Å². The molecule has 1 aliphatic rings. The first kappa shape index (κ1) is 21.2.